The number of hydrogen-bond donors (Lipinski definition) is 3. The highest BCUT2D eigenvalue weighted by Crippen LogP contribution is 2.26. The number of benzene rings is 1. The first-order chi connectivity index (χ1) is 7.81. The summed E-state index contributed by atoms with van der Waals surface area (Å²) in [6.45, 7) is 1.43. The Morgan fingerprint density at radius 2 is 2.18 bits per heavy atom. The molecule has 4 nitrogen and oxygen atoms in total. The van der Waals surface area contributed by atoms with Crippen LogP contribution in [0.3, 0.4) is 0 Å². The van der Waals surface area contributed by atoms with Gasteiger partial charge < -0.3 is 16.2 Å². The molecule has 0 bridgehead atoms. The van der Waals surface area contributed by atoms with Crippen molar-refractivity contribution < 1.29 is 5.11 Å². The number of phenols is 1. The summed E-state index contributed by atoms with van der Waals surface area (Å²) in [5.74, 6) is 0.246. The average Bonchev–Trinajstić information content (AvgIpc) is 2.29. The summed E-state index contributed by atoms with van der Waals surface area (Å²) in [5.41, 5.74) is 7.15. The van der Waals surface area contributed by atoms with E-state index in [1.54, 1.807) is 18.3 Å². The molecule has 4 N–H and O–H groups in total. The van der Waals surface area contributed by atoms with Crippen LogP contribution in [-0.2, 0) is 0 Å². The van der Waals surface area contributed by atoms with Crippen LogP contribution in [0.15, 0.2) is 30.5 Å². The zero-order chi connectivity index (χ0) is 11.4. The maximum atomic E-state index is 9.58. The standard InChI is InChI=1S/C12H15N3O.BrH/c13-4-2-6-14-11-8-10(16)7-9-3-1-5-15-12(9)11;/h1,3,5,7-8,14,16H,2,4,6,13H2;1H. The Bertz CT molecular complexity index is 490. The highest BCUT2D eigenvalue weighted by Gasteiger charge is 2.03. The first kappa shape index (κ1) is 13.7. The number of aromatic nitrogens is 1. The van der Waals surface area contributed by atoms with Crippen LogP contribution < -0.4 is 11.1 Å². The quantitative estimate of drug-likeness (QED) is 0.757. The third-order valence-electron chi connectivity index (χ3n) is 2.39. The van der Waals surface area contributed by atoms with Gasteiger partial charge in [0.15, 0.2) is 0 Å². The first-order valence-electron chi connectivity index (χ1n) is 5.33. The molecule has 1 aromatic carbocycles. The molecular formula is C12H16BrN3O. The number of halogens is 1. The van der Waals surface area contributed by atoms with Crippen LogP contribution in [0.25, 0.3) is 10.9 Å². The Morgan fingerprint density at radius 3 is 2.94 bits per heavy atom. The normalized spacial score (nSPS) is 9.94. The number of pyridine rings is 1. The monoisotopic (exact) mass is 297 g/mol. The van der Waals surface area contributed by atoms with Crippen LogP contribution in [0, 0.1) is 0 Å². The van der Waals surface area contributed by atoms with Crippen LogP contribution in [-0.4, -0.2) is 23.2 Å². The molecule has 0 amide bonds. The van der Waals surface area contributed by atoms with Gasteiger partial charge in [-0.2, -0.15) is 0 Å². The largest absolute Gasteiger partial charge is 0.508 e. The molecular weight excluding hydrogens is 282 g/mol. The number of anilines is 1. The van der Waals surface area contributed by atoms with Gasteiger partial charge in [0.1, 0.15) is 5.75 Å². The minimum absolute atomic E-state index is 0. The second kappa shape index (κ2) is 6.42. The van der Waals surface area contributed by atoms with Gasteiger partial charge in [0.05, 0.1) is 11.2 Å². The van der Waals surface area contributed by atoms with Crippen LogP contribution in [0.5, 0.6) is 5.75 Å². The van der Waals surface area contributed by atoms with E-state index in [1.807, 2.05) is 12.1 Å². The van der Waals surface area contributed by atoms with Crippen molar-refractivity contribution in [3.05, 3.63) is 30.5 Å². The highest BCUT2D eigenvalue weighted by atomic mass is 79.9. The maximum absolute atomic E-state index is 9.58. The van der Waals surface area contributed by atoms with E-state index in [0.29, 0.717) is 6.54 Å². The molecule has 2 aromatic rings. The van der Waals surface area contributed by atoms with Gasteiger partial charge in [0, 0.05) is 24.2 Å². The van der Waals surface area contributed by atoms with Crippen molar-refractivity contribution in [1.82, 2.24) is 4.98 Å². The number of aromatic hydroxyl groups is 1. The van der Waals surface area contributed by atoms with Crippen molar-refractivity contribution in [3.8, 4) is 5.75 Å². The van der Waals surface area contributed by atoms with Gasteiger partial charge in [-0.15, -0.1) is 17.0 Å². The topological polar surface area (TPSA) is 71.2 Å². The minimum atomic E-state index is 0. The van der Waals surface area contributed by atoms with E-state index in [4.69, 9.17) is 5.73 Å². The molecule has 1 aromatic heterocycles. The number of nitrogens with zero attached hydrogens (tertiary/aromatic N) is 1. The van der Waals surface area contributed by atoms with Crippen molar-refractivity contribution in [2.75, 3.05) is 18.4 Å². The first-order valence-corrected chi connectivity index (χ1v) is 5.33. The van der Waals surface area contributed by atoms with Gasteiger partial charge in [-0.3, -0.25) is 4.98 Å². The Labute approximate surface area is 111 Å². The van der Waals surface area contributed by atoms with Crippen LogP contribution in [0.2, 0.25) is 0 Å². The molecule has 0 saturated heterocycles. The number of rotatable bonds is 4. The van der Waals surface area contributed by atoms with Crippen molar-refractivity contribution in [2.45, 2.75) is 6.42 Å². The van der Waals surface area contributed by atoms with Crippen molar-refractivity contribution >= 4 is 33.6 Å². The fraction of sp³-hybridized carbons (Fsp3) is 0.250. The predicted octanol–water partition coefficient (Wildman–Crippen LogP) is 2.28. The van der Waals surface area contributed by atoms with E-state index in [0.717, 1.165) is 29.6 Å². The molecule has 5 heteroatoms. The molecule has 1 heterocycles. The molecule has 0 aliphatic rings. The molecule has 0 saturated carbocycles. The van der Waals surface area contributed by atoms with Gasteiger partial charge >= 0.3 is 0 Å². The molecule has 0 fully saturated rings. The minimum Gasteiger partial charge on any atom is -0.508 e. The third kappa shape index (κ3) is 3.31. The Hall–Kier alpha value is -1.33. The zero-order valence-corrected chi connectivity index (χ0v) is 11.1. The van der Waals surface area contributed by atoms with Crippen molar-refractivity contribution in [2.24, 2.45) is 5.73 Å². The van der Waals surface area contributed by atoms with E-state index in [2.05, 4.69) is 10.3 Å². The number of hydrogen-bond acceptors (Lipinski definition) is 4. The fourth-order valence-corrected chi connectivity index (χ4v) is 1.64. The van der Waals surface area contributed by atoms with E-state index in [1.165, 1.54) is 0 Å². The molecule has 2 rings (SSSR count). The number of nitrogens with two attached hydrogens (primary N) is 1. The Balaban J connectivity index is 0.00000144. The molecule has 0 unspecified atom stereocenters. The lowest BCUT2D eigenvalue weighted by Crippen LogP contribution is -2.08. The summed E-state index contributed by atoms with van der Waals surface area (Å²) in [6, 6.07) is 7.17. The predicted molar refractivity (Wildman–Crippen MR) is 75.9 cm³/mol. The Kier molecular flexibility index (Phi) is 5.18. The van der Waals surface area contributed by atoms with E-state index < -0.39 is 0 Å². The van der Waals surface area contributed by atoms with Gasteiger partial charge in [-0.05, 0) is 25.1 Å². The lowest BCUT2D eigenvalue weighted by molar-refractivity contribution is 0.476. The summed E-state index contributed by atoms with van der Waals surface area (Å²) < 4.78 is 0. The number of fused-ring (bicyclic) bond motifs is 1. The molecule has 0 atom stereocenters. The van der Waals surface area contributed by atoms with Crippen LogP contribution >= 0.6 is 17.0 Å². The van der Waals surface area contributed by atoms with Gasteiger partial charge in [0.2, 0.25) is 0 Å². The average molecular weight is 298 g/mol. The van der Waals surface area contributed by atoms with Gasteiger partial charge in [-0.1, -0.05) is 6.07 Å². The lowest BCUT2D eigenvalue weighted by atomic mass is 10.2. The van der Waals surface area contributed by atoms with Crippen LogP contribution in [0.1, 0.15) is 6.42 Å². The summed E-state index contributed by atoms with van der Waals surface area (Å²) >= 11 is 0. The second-order valence-corrected chi connectivity index (χ2v) is 3.64. The van der Waals surface area contributed by atoms with E-state index in [9.17, 15) is 5.11 Å². The van der Waals surface area contributed by atoms with Gasteiger partial charge in [0.25, 0.3) is 0 Å². The van der Waals surface area contributed by atoms with Crippen molar-refractivity contribution in [3.63, 3.8) is 0 Å². The Morgan fingerprint density at radius 1 is 1.35 bits per heavy atom. The van der Waals surface area contributed by atoms with Crippen molar-refractivity contribution in [1.29, 1.82) is 0 Å². The smallest absolute Gasteiger partial charge is 0.118 e. The summed E-state index contributed by atoms with van der Waals surface area (Å²) in [4.78, 5) is 4.30. The van der Waals surface area contributed by atoms with Gasteiger partial charge in [-0.25, -0.2) is 0 Å². The molecule has 92 valence electrons. The van der Waals surface area contributed by atoms with E-state index in [-0.39, 0.29) is 22.7 Å². The fourth-order valence-electron chi connectivity index (χ4n) is 1.64. The molecule has 0 radical (unpaired) electrons. The summed E-state index contributed by atoms with van der Waals surface area (Å²) in [6.07, 6.45) is 2.64. The molecule has 0 aliphatic carbocycles. The van der Waals surface area contributed by atoms with E-state index >= 15 is 0 Å². The van der Waals surface area contributed by atoms with Crippen LogP contribution in [0.4, 0.5) is 5.69 Å². The number of phenolic OH excluding ortho intramolecular Hbond substituents is 1. The summed E-state index contributed by atoms with van der Waals surface area (Å²) in [5, 5.41) is 13.7. The zero-order valence-electron chi connectivity index (χ0n) is 9.39. The second-order valence-electron chi connectivity index (χ2n) is 3.64. The maximum Gasteiger partial charge on any atom is 0.118 e. The molecule has 17 heavy (non-hydrogen) atoms. The molecule has 0 spiro atoms. The lowest BCUT2D eigenvalue weighted by Gasteiger charge is -2.09. The highest BCUT2D eigenvalue weighted by molar-refractivity contribution is 8.93. The summed E-state index contributed by atoms with van der Waals surface area (Å²) in [7, 11) is 0. The molecule has 0 aliphatic heterocycles. The third-order valence-corrected chi connectivity index (χ3v) is 2.39. The SMILES string of the molecule is Br.NCCCNc1cc(O)cc2cccnc12. The number of nitrogens with one attached hydrogen (secondary N) is 1.